The van der Waals surface area contributed by atoms with Crippen molar-refractivity contribution >= 4 is 5.71 Å². The van der Waals surface area contributed by atoms with Gasteiger partial charge in [0.1, 0.15) is 0 Å². The molecular formula is C11H23NO. The largest absolute Gasteiger partial charge is 0.411 e. The molecule has 0 bridgehead atoms. The van der Waals surface area contributed by atoms with E-state index >= 15 is 0 Å². The Morgan fingerprint density at radius 3 is 2.38 bits per heavy atom. The van der Waals surface area contributed by atoms with Crippen LogP contribution in [0.4, 0.5) is 0 Å². The molecule has 0 aliphatic heterocycles. The van der Waals surface area contributed by atoms with E-state index in [4.69, 9.17) is 5.21 Å². The van der Waals surface area contributed by atoms with Crippen LogP contribution >= 0.6 is 0 Å². The smallest absolute Gasteiger partial charge is 0.0568 e. The Kier molecular flexibility index (Phi) is 7.76. The molecule has 0 aromatic rings. The summed E-state index contributed by atoms with van der Waals surface area (Å²) in [5.74, 6) is 0.817. The third kappa shape index (κ3) is 7.82. The van der Waals surface area contributed by atoms with Crippen molar-refractivity contribution in [2.24, 2.45) is 11.1 Å². The lowest BCUT2D eigenvalue weighted by Gasteiger charge is -2.04. The molecule has 0 amide bonds. The lowest BCUT2D eigenvalue weighted by atomic mass is 10.0. The normalized spacial score (nSPS) is 12.5. The van der Waals surface area contributed by atoms with E-state index in [-0.39, 0.29) is 0 Å². The van der Waals surface area contributed by atoms with Crippen LogP contribution in [0, 0.1) is 5.92 Å². The number of unbranched alkanes of at least 4 members (excludes halogenated alkanes) is 2. The van der Waals surface area contributed by atoms with Gasteiger partial charge >= 0.3 is 0 Å². The van der Waals surface area contributed by atoms with Crippen LogP contribution in [0.5, 0.6) is 0 Å². The molecule has 0 saturated heterocycles. The molecule has 0 spiro atoms. The zero-order valence-corrected chi connectivity index (χ0v) is 9.21. The molecule has 2 heteroatoms. The van der Waals surface area contributed by atoms with Gasteiger partial charge in [-0.05, 0) is 25.2 Å². The van der Waals surface area contributed by atoms with Crippen LogP contribution in [-0.2, 0) is 0 Å². The molecule has 0 unspecified atom stereocenters. The van der Waals surface area contributed by atoms with Gasteiger partial charge in [0.05, 0.1) is 5.71 Å². The van der Waals surface area contributed by atoms with Gasteiger partial charge in [-0.3, -0.25) is 0 Å². The minimum atomic E-state index is 0.817. The second-order valence-electron chi connectivity index (χ2n) is 4.01. The van der Waals surface area contributed by atoms with E-state index in [2.05, 4.69) is 19.0 Å². The molecule has 0 aliphatic carbocycles. The fraction of sp³-hybridized carbons (Fsp3) is 0.909. The second-order valence-corrected chi connectivity index (χ2v) is 4.01. The minimum Gasteiger partial charge on any atom is -0.411 e. The number of oxime groups is 1. The third-order valence-corrected chi connectivity index (χ3v) is 2.30. The summed E-state index contributed by atoms with van der Waals surface area (Å²) < 4.78 is 0. The van der Waals surface area contributed by atoms with Crippen molar-refractivity contribution in [3.63, 3.8) is 0 Å². The lowest BCUT2D eigenvalue weighted by Crippen LogP contribution is -1.96. The Morgan fingerprint density at radius 1 is 1.23 bits per heavy atom. The molecule has 2 nitrogen and oxygen atoms in total. The van der Waals surface area contributed by atoms with E-state index in [0.717, 1.165) is 24.5 Å². The highest BCUT2D eigenvalue weighted by molar-refractivity contribution is 5.83. The summed E-state index contributed by atoms with van der Waals surface area (Å²) >= 11 is 0. The average Bonchev–Trinajstić information content (AvgIpc) is 2.11. The van der Waals surface area contributed by atoms with Crippen molar-refractivity contribution in [1.29, 1.82) is 0 Å². The first kappa shape index (κ1) is 12.5. The lowest BCUT2D eigenvalue weighted by molar-refractivity contribution is 0.316. The van der Waals surface area contributed by atoms with Crippen LogP contribution in [0.25, 0.3) is 0 Å². The van der Waals surface area contributed by atoms with E-state index in [0.29, 0.717) is 0 Å². The Bertz CT molecular complexity index is 141. The summed E-state index contributed by atoms with van der Waals surface area (Å²) in [6, 6.07) is 0. The summed E-state index contributed by atoms with van der Waals surface area (Å²) in [7, 11) is 0. The highest BCUT2D eigenvalue weighted by Crippen LogP contribution is 2.10. The predicted molar refractivity (Wildman–Crippen MR) is 57.4 cm³/mol. The summed E-state index contributed by atoms with van der Waals surface area (Å²) in [5, 5.41) is 11.8. The van der Waals surface area contributed by atoms with E-state index in [1.807, 2.05) is 6.92 Å². The van der Waals surface area contributed by atoms with Crippen molar-refractivity contribution in [2.45, 2.75) is 59.3 Å². The Morgan fingerprint density at radius 2 is 1.92 bits per heavy atom. The molecule has 1 N–H and O–H groups in total. The van der Waals surface area contributed by atoms with Crippen molar-refractivity contribution in [2.75, 3.05) is 0 Å². The van der Waals surface area contributed by atoms with E-state index in [1.54, 1.807) is 0 Å². The number of hydrogen-bond donors (Lipinski definition) is 1. The molecule has 0 aromatic carbocycles. The molecule has 13 heavy (non-hydrogen) atoms. The first-order valence-electron chi connectivity index (χ1n) is 5.40. The molecular weight excluding hydrogens is 162 g/mol. The summed E-state index contributed by atoms with van der Waals surface area (Å²) in [6.45, 7) is 6.54. The minimum absolute atomic E-state index is 0.817. The highest BCUT2D eigenvalue weighted by atomic mass is 16.4. The van der Waals surface area contributed by atoms with Gasteiger partial charge in [0.2, 0.25) is 0 Å². The quantitative estimate of drug-likeness (QED) is 0.278. The molecule has 78 valence electrons. The molecule has 0 fully saturated rings. The van der Waals surface area contributed by atoms with Crippen molar-refractivity contribution in [1.82, 2.24) is 0 Å². The summed E-state index contributed by atoms with van der Waals surface area (Å²) in [5.41, 5.74) is 0.935. The van der Waals surface area contributed by atoms with Crippen molar-refractivity contribution in [3.05, 3.63) is 0 Å². The van der Waals surface area contributed by atoms with Crippen LogP contribution < -0.4 is 0 Å². The molecule has 0 rings (SSSR count). The average molecular weight is 185 g/mol. The number of rotatable bonds is 7. The van der Waals surface area contributed by atoms with Gasteiger partial charge in [-0.2, -0.15) is 0 Å². The fourth-order valence-corrected chi connectivity index (χ4v) is 1.36. The van der Waals surface area contributed by atoms with Crippen LogP contribution in [-0.4, -0.2) is 10.9 Å². The number of nitrogens with zero attached hydrogens (tertiary/aromatic N) is 1. The number of hydrogen-bond acceptors (Lipinski definition) is 2. The second kappa shape index (κ2) is 8.09. The highest BCUT2D eigenvalue weighted by Gasteiger charge is 1.98. The van der Waals surface area contributed by atoms with Gasteiger partial charge in [0, 0.05) is 0 Å². The summed E-state index contributed by atoms with van der Waals surface area (Å²) in [4.78, 5) is 0. The van der Waals surface area contributed by atoms with Crippen LogP contribution in [0.3, 0.4) is 0 Å². The maximum absolute atomic E-state index is 8.56. The Balaban J connectivity index is 3.25. The van der Waals surface area contributed by atoms with Gasteiger partial charge in [-0.15, -0.1) is 0 Å². The maximum atomic E-state index is 8.56. The van der Waals surface area contributed by atoms with Crippen molar-refractivity contribution < 1.29 is 5.21 Å². The van der Waals surface area contributed by atoms with Gasteiger partial charge in [-0.1, -0.05) is 45.2 Å². The monoisotopic (exact) mass is 185 g/mol. The standard InChI is InChI=1S/C11H23NO/c1-4-11(12-13)9-7-5-6-8-10(2)3/h10,13H,4-9H2,1-3H3/b12-11+. The molecule has 0 radical (unpaired) electrons. The third-order valence-electron chi connectivity index (χ3n) is 2.30. The molecule has 0 atom stereocenters. The van der Waals surface area contributed by atoms with Crippen LogP contribution in [0.2, 0.25) is 0 Å². The zero-order valence-electron chi connectivity index (χ0n) is 9.21. The maximum Gasteiger partial charge on any atom is 0.0568 e. The predicted octanol–water partition coefficient (Wildman–Crippen LogP) is 3.83. The Hall–Kier alpha value is -0.530. The van der Waals surface area contributed by atoms with E-state index in [1.165, 1.54) is 25.7 Å². The fourth-order valence-electron chi connectivity index (χ4n) is 1.36. The van der Waals surface area contributed by atoms with E-state index in [9.17, 15) is 0 Å². The molecule has 0 aliphatic rings. The first-order chi connectivity index (χ1) is 6.20. The topological polar surface area (TPSA) is 32.6 Å². The molecule has 0 aromatic heterocycles. The van der Waals surface area contributed by atoms with Crippen molar-refractivity contribution in [3.8, 4) is 0 Å². The Labute approximate surface area is 82.0 Å². The van der Waals surface area contributed by atoms with Crippen LogP contribution in [0.15, 0.2) is 5.16 Å². The first-order valence-corrected chi connectivity index (χ1v) is 5.40. The SMILES string of the molecule is CC/C(CCCCCC(C)C)=N\O. The van der Waals surface area contributed by atoms with Gasteiger partial charge in [-0.25, -0.2) is 0 Å². The zero-order chi connectivity index (χ0) is 10.1. The van der Waals surface area contributed by atoms with Gasteiger partial charge < -0.3 is 5.21 Å². The summed E-state index contributed by atoms with van der Waals surface area (Å²) in [6.07, 6.45) is 6.89. The molecule has 0 heterocycles. The molecule has 0 saturated carbocycles. The van der Waals surface area contributed by atoms with Crippen LogP contribution in [0.1, 0.15) is 59.3 Å². The van der Waals surface area contributed by atoms with E-state index < -0.39 is 0 Å². The van der Waals surface area contributed by atoms with Gasteiger partial charge in [0.15, 0.2) is 0 Å². The van der Waals surface area contributed by atoms with Gasteiger partial charge in [0.25, 0.3) is 0 Å².